The number of carbonyl (C=O) groups is 2. The van der Waals surface area contributed by atoms with Gasteiger partial charge in [0.25, 0.3) is 0 Å². The highest BCUT2D eigenvalue weighted by Crippen LogP contribution is 2.40. The van der Waals surface area contributed by atoms with Crippen LogP contribution in [0.1, 0.15) is 24.3 Å². The van der Waals surface area contributed by atoms with E-state index in [4.69, 9.17) is 16.3 Å². The van der Waals surface area contributed by atoms with Gasteiger partial charge in [-0.3, -0.25) is 9.69 Å². The molecule has 2 aromatic rings. The van der Waals surface area contributed by atoms with Crippen molar-refractivity contribution in [1.29, 1.82) is 0 Å². The van der Waals surface area contributed by atoms with Crippen molar-refractivity contribution in [2.75, 3.05) is 33.2 Å². The van der Waals surface area contributed by atoms with Gasteiger partial charge in [-0.1, -0.05) is 23.7 Å². The topological polar surface area (TPSA) is 70.7 Å². The van der Waals surface area contributed by atoms with Crippen LogP contribution < -0.4 is 15.4 Å². The Morgan fingerprint density at radius 2 is 1.72 bits per heavy atom. The highest BCUT2D eigenvalue weighted by atomic mass is 35.5. The number of ether oxygens (including phenoxy) is 1. The molecule has 2 fully saturated rings. The molecule has 1 amide bonds. The van der Waals surface area contributed by atoms with Gasteiger partial charge in [-0.05, 0) is 67.9 Å². The summed E-state index contributed by atoms with van der Waals surface area (Å²) < 4.78 is 18.8. The maximum atomic E-state index is 14.0. The van der Waals surface area contributed by atoms with Gasteiger partial charge in [0.1, 0.15) is 17.1 Å². The Balaban J connectivity index is 1.69. The molecule has 0 spiro atoms. The van der Waals surface area contributed by atoms with Gasteiger partial charge in [0.2, 0.25) is 0 Å². The van der Waals surface area contributed by atoms with Gasteiger partial charge >= 0.3 is 6.09 Å². The Kier molecular flexibility index (Phi) is 6.79. The summed E-state index contributed by atoms with van der Waals surface area (Å²) in [6.45, 7) is 2.43. The normalized spacial score (nSPS) is 23.7. The number of hydrogen-bond donors (Lipinski definition) is 2. The average molecular weight is 460 g/mol. The predicted octanol–water partition coefficient (Wildman–Crippen LogP) is 3.60. The highest BCUT2D eigenvalue weighted by Gasteiger charge is 2.56. The minimum atomic E-state index is -1.10. The maximum absolute atomic E-state index is 14.0. The van der Waals surface area contributed by atoms with Gasteiger partial charge in [-0.25, -0.2) is 9.18 Å². The summed E-state index contributed by atoms with van der Waals surface area (Å²) in [5.41, 5.74) is -0.171. The zero-order chi connectivity index (χ0) is 22.7. The summed E-state index contributed by atoms with van der Waals surface area (Å²) in [7, 11) is 1.61. The van der Waals surface area contributed by atoms with E-state index in [2.05, 4.69) is 10.6 Å². The van der Waals surface area contributed by atoms with E-state index in [1.54, 1.807) is 19.2 Å². The van der Waals surface area contributed by atoms with E-state index in [1.807, 2.05) is 12.1 Å². The molecule has 0 saturated carbocycles. The lowest BCUT2D eigenvalue weighted by Gasteiger charge is -2.43. The first kappa shape index (κ1) is 22.7. The number of amides is 1. The van der Waals surface area contributed by atoms with Crippen LogP contribution in [0.2, 0.25) is 5.02 Å². The summed E-state index contributed by atoms with van der Waals surface area (Å²) in [4.78, 5) is 28.7. The first-order valence-electron chi connectivity index (χ1n) is 10.8. The number of nitrogens with one attached hydrogen (secondary N) is 2. The zero-order valence-corrected chi connectivity index (χ0v) is 18.7. The molecule has 2 N–H and O–H groups in total. The van der Waals surface area contributed by atoms with Crippen LogP contribution in [-0.4, -0.2) is 55.5 Å². The molecule has 32 heavy (non-hydrogen) atoms. The Bertz CT molecular complexity index is 963. The molecule has 0 aromatic heterocycles. The highest BCUT2D eigenvalue weighted by molar-refractivity contribution is 6.30. The third-order valence-electron chi connectivity index (χ3n) is 6.62. The SMILES string of the molecule is CN(C(=O)Oc1ccc(F)cc1)[C@]1(C(=O)C2CCNCC2)CNC[C@H]1c1ccc(Cl)cc1. The Morgan fingerprint density at radius 3 is 2.38 bits per heavy atom. The fourth-order valence-electron chi connectivity index (χ4n) is 4.84. The first-order chi connectivity index (χ1) is 15.4. The molecule has 2 aromatic carbocycles. The number of ketones is 1. The molecular weight excluding hydrogens is 433 g/mol. The van der Waals surface area contributed by atoms with Crippen molar-refractivity contribution < 1.29 is 18.7 Å². The van der Waals surface area contributed by atoms with Gasteiger partial charge in [0.05, 0.1) is 0 Å². The number of hydrogen-bond acceptors (Lipinski definition) is 5. The van der Waals surface area contributed by atoms with Crippen molar-refractivity contribution >= 4 is 23.5 Å². The van der Waals surface area contributed by atoms with Crippen molar-refractivity contribution in [2.24, 2.45) is 5.92 Å². The fraction of sp³-hybridized carbons (Fsp3) is 0.417. The van der Waals surface area contributed by atoms with E-state index >= 15 is 0 Å². The van der Waals surface area contributed by atoms with Crippen LogP contribution in [0.15, 0.2) is 48.5 Å². The third kappa shape index (κ3) is 4.37. The largest absolute Gasteiger partial charge is 0.415 e. The van der Waals surface area contributed by atoms with Crippen molar-refractivity contribution in [3.63, 3.8) is 0 Å². The molecule has 0 aliphatic carbocycles. The summed E-state index contributed by atoms with van der Waals surface area (Å²) in [5.74, 6) is -0.553. The quantitative estimate of drug-likeness (QED) is 0.714. The molecule has 0 bridgehead atoms. The number of benzene rings is 2. The zero-order valence-electron chi connectivity index (χ0n) is 17.9. The summed E-state index contributed by atoms with van der Waals surface area (Å²) in [5, 5.41) is 7.24. The van der Waals surface area contributed by atoms with E-state index in [1.165, 1.54) is 29.2 Å². The summed E-state index contributed by atoms with van der Waals surface area (Å²) >= 11 is 6.09. The molecule has 2 atom stereocenters. The van der Waals surface area contributed by atoms with Crippen LogP contribution in [0.3, 0.4) is 0 Å². The molecule has 2 saturated heterocycles. The number of likely N-dealkylation sites (N-methyl/N-ethyl adjacent to an activating group) is 1. The van der Waals surface area contributed by atoms with Gasteiger partial charge in [0, 0.05) is 37.0 Å². The number of rotatable bonds is 5. The van der Waals surface area contributed by atoms with Crippen molar-refractivity contribution in [2.45, 2.75) is 24.3 Å². The molecule has 2 aliphatic rings. The molecule has 8 heteroatoms. The van der Waals surface area contributed by atoms with Crippen molar-refractivity contribution in [3.05, 3.63) is 64.9 Å². The summed E-state index contributed by atoms with van der Waals surface area (Å²) in [6, 6.07) is 12.7. The van der Waals surface area contributed by atoms with E-state index in [0.29, 0.717) is 18.1 Å². The van der Waals surface area contributed by atoms with Crippen LogP contribution in [0, 0.1) is 11.7 Å². The molecule has 2 heterocycles. The molecular formula is C24H27ClFN3O3. The van der Waals surface area contributed by atoms with Gasteiger partial charge in [-0.15, -0.1) is 0 Å². The monoisotopic (exact) mass is 459 g/mol. The standard InChI is InChI=1S/C24H27ClFN3O3/c1-29(23(31)32-20-8-6-19(26)7-9-20)24(22(30)17-10-12-27-13-11-17)15-28-14-21(24)16-2-4-18(25)5-3-16/h2-9,17,21,27-28H,10-15H2,1H3/t21-,24+/m0/s1. The first-order valence-corrected chi connectivity index (χ1v) is 11.2. The molecule has 0 unspecified atom stereocenters. The number of carbonyl (C=O) groups excluding carboxylic acids is 2. The van der Waals surface area contributed by atoms with Crippen LogP contribution in [0.25, 0.3) is 0 Å². The lowest BCUT2D eigenvalue weighted by Crippen LogP contribution is -2.62. The van der Waals surface area contributed by atoms with Gasteiger partial charge < -0.3 is 15.4 Å². The van der Waals surface area contributed by atoms with Crippen molar-refractivity contribution in [3.8, 4) is 5.75 Å². The maximum Gasteiger partial charge on any atom is 0.415 e. The molecule has 6 nitrogen and oxygen atoms in total. The number of piperidine rings is 1. The third-order valence-corrected chi connectivity index (χ3v) is 6.87. The Hall–Kier alpha value is -2.48. The van der Waals surface area contributed by atoms with Crippen LogP contribution >= 0.6 is 11.6 Å². The van der Waals surface area contributed by atoms with Crippen LogP contribution in [0.4, 0.5) is 9.18 Å². The lowest BCUT2D eigenvalue weighted by molar-refractivity contribution is -0.134. The van der Waals surface area contributed by atoms with E-state index in [0.717, 1.165) is 31.5 Å². The minimum absolute atomic E-state index is 0.0440. The molecule has 170 valence electrons. The molecule has 2 aliphatic heterocycles. The number of halogens is 2. The van der Waals surface area contributed by atoms with Gasteiger partial charge in [-0.2, -0.15) is 0 Å². The molecule has 4 rings (SSSR count). The Morgan fingerprint density at radius 1 is 1.06 bits per heavy atom. The van der Waals surface area contributed by atoms with Gasteiger partial charge in [0.15, 0.2) is 5.78 Å². The second-order valence-corrected chi connectivity index (χ2v) is 8.87. The van der Waals surface area contributed by atoms with E-state index in [-0.39, 0.29) is 23.4 Å². The number of nitrogens with zero attached hydrogens (tertiary/aromatic N) is 1. The average Bonchev–Trinajstić information content (AvgIpc) is 3.26. The fourth-order valence-corrected chi connectivity index (χ4v) is 4.96. The predicted molar refractivity (Wildman–Crippen MR) is 121 cm³/mol. The summed E-state index contributed by atoms with van der Waals surface area (Å²) in [6.07, 6.45) is 0.811. The van der Waals surface area contributed by atoms with Crippen LogP contribution in [-0.2, 0) is 4.79 Å². The van der Waals surface area contributed by atoms with Crippen LogP contribution in [0.5, 0.6) is 5.75 Å². The van der Waals surface area contributed by atoms with Crippen molar-refractivity contribution in [1.82, 2.24) is 15.5 Å². The Labute approximate surface area is 192 Å². The van der Waals surface area contributed by atoms with E-state index in [9.17, 15) is 14.0 Å². The lowest BCUT2D eigenvalue weighted by atomic mass is 9.72. The number of Topliss-reactive ketones (excluding diaryl/α,β-unsaturated/α-hetero) is 1. The second-order valence-electron chi connectivity index (χ2n) is 8.43. The second kappa shape index (κ2) is 9.57. The minimum Gasteiger partial charge on any atom is -0.410 e. The molecule has 0 radical (unpaired) electrons. The van der Waals surface area contributed by atoms with E-state index < -0.39 is 17.4 Å². The smallest absolute Gasteiger partial charge is 0.410 e.